The molecule has 1 amide bonds. The topological polar surface area (TPSA) is 63.1 Å². The Kier molecular flexibility index (Phi) is 7.77. The molecule has 10 heteroatoms. The van der Waals surface area contributed by atoms with E-state index < -0.39 is 17.0 Å². The van der Waals surface area contributed by atoms with Gasteiger partial charge in [0.1, 0.15) is 0 Å². The van der Waals surface area contributed by atoms with E-state index in [9.17, 15) is 18.0 Å². The molecule has 1 aliphatic heterocycles. The fourth-order valence-corrected chi connectivity index (χ4v) is 4.38. The van der Waals surface area contributed by atoms with Gasteiger partial charge in [0.25, 0.3) is 0 Å². The average Bonchev–Trinajstić information content (AvgIpc) is 3.13. The molecule has 1 unspecified atom stereocenters. The Morgan fingerprint density at radius 3 is 2.65 bits per heavy atom. The Morgan fingerprint density at radius 2 is 1.97 bits per heavy atom. The van der Waals surface area contributed by atoms with Gasteiger partial charge in [-0.1, -0.05) is 36.4 Å². The van der Waals surface area contributed by atoms with Gasteiger partial charge < -0.3 is 5.32 Å². The number of aromatic nitrogens is 3. The van der Waals surface area contributed by atoms with Gasteiger partial charge in [-0.2, -0.15) is 13.2 Å². The Hall–Kier alpha value is -2.33. The van der Waals surface area contributed by atoms with Gasteiger partial charge in [-0.3, -0.25) is 14.3 Å². The van der Waals surface area contributed by atoms with Crippen molar-refractivity contribution in [2.45, 2.75) is 49.3 Å². The Bertz CT molecular complexity index is 909. The minimum atomic E-state index is -4.53. The number of amides is 1. The zero-order valence-corrected chi connectivity index (χ0v) is 18.2. The molecule has 0 saturated carbocycles. The molecular weight excluding hydrogens is 427 g/mol. The second-order valence-electron chi connectivity index (χ2n) is 7.38. The van der Waals surface area contributed by atoms with Gasteiger partial charge in [-0.25, -0.2) is 0 Å². The first-order valence-electron chi connectivity index (χ1n) is 10.2. The largest absolute Gasteiger partial charge is 0.418 e. The molecule has 1 atom stereocenters. The molecule has 1 aromatic carbocycles. The number of nitrogens with one attached hydrogen (secondary N) is 1. The van der Waals surface area contributed by atoms with Crippen LogP contribution in [0.3, 0.4) is 0 Å². The first kappa shape index (κ1) is 23.3. The van der Waals surface area contributed by atoms with Crippen LogP contribution in [0.2, 0.25) is 0 Å². The predicted molar refractivity (Wildman–Crippen MR) is 114 cm³/mol. The summed E-state index contributed by atoms with van der Waals surface area (Å²) in [6.45, 7) is 7.70. The number of alkyl halides is 3. The highest BCUT2D eigenvalue weighted by molar-refractivity contribution is 8.00. The summed E-state index contributed by atoms with van der Waals surface area (Å²) < 4.78 is 42.7. The number of benzene rings is 1. The van der Waals surface area contributed by atoms with Crippen molar-refractivity contribution < 1.29 is 18.0 Å². The molecule has 168 valence electrons. The van der Waals surface area contributed by atoms with Crippen LogP contribution in [0, 0.1) is 0 Å². The molecular formula is C21H26F3N5OS. The van der Waals surface area contributed by atoms with E-state index >= 15 is 0 Å². The minimum Gasteiger partial charge on any atom is -0.352 e. The lowest BCUT2D eigenvalue weighted by molar-refractivity contribution is -0.137. The average molecular weight is 454 g/mol. The summed E-state index contributed by atoms with van der Waals surface area (Å²) in [7, 11) is 0. The number of hydrogen-bond acceptors (Lipinski definition) is 5. The highest BCUT2D eigenvalue weighted by Gasteiger charge is 2.35. The molecule has 0 aliphatic carbocycles. The number of nitrogens with zero attached hydrogens (tertiary/aromatic N) is 4. The molecule has 1 fully saturated rings. The van der Waals surface area contributed by atoms with Gasteiger partial charge in [0.15, 0.2) is 11.0 Å². The quantitative estimate of drug-likeness (QED) is 0.483. The van der Waals surface area contributed by atoms with Crippen molar-refractivity contribution in [1.29, 1.82) is 0 Å². The molecule has 1 aliphatic rings. The number of piperidine rings is 1. The van der Waals surface area contributed by atoms with Gasteiger partial charge in [-0.05, 0) is 45.0 Å². The normalized spacial score (nSPS) is 16.1. The maximum atomic E-state index is 13.7. The summed E-state index contributed by atoms with van der Waals surface area (Å²) in [5.41, 5.74) is -0.798. The smallest absolute Gasteiger partial charge is 0.352 e. The monoisotopic (exact) mass is 453 g/mol. The molecule has 0 radical (unpaired) electrons. The zero-order chi connectivity index (χ0) is 22.4. The van der Waals surface area contributed by atoms with Crippen LogP contribution in [0.5, 0.6) is 0 Å². The summed E-state index contributed by atoms with van der Waals surface area (Å²) in [5.74, 6) is 0.181. The van der Waals surface area contributed by atoms with Crippen molar-refractivity contribution in [1.82, 2.24) is 25.0 Å². The van der Waals surface area contributed by atoms with E-state index in [1.165, 1.54) is 16.7 Å². The zero-order valence-electron chi connectivity index (χ0n) is 17.4. The van der Waals surface area contributed by atoms with Crippen LogP contribution >= 0.6 is 11.8 Å². The Balaban J connectivity index is 1.98. The van der Waals surface area contributed by atoms with E-state index in [1.807, 2.05) is 0 Å². The van der Waals surface area contributed by atoms with Gasteiger partial charge in [0.05, 0.1) is 23.0 Å². The van der Waals surface area contributed by atoms with Crippen LogP contribution in [0.15, 0.2) is 42.1 Å². The van der Waals surface area contributed by atoms with Crippen LogP contribution in [-0.4, -0.2) is 50.5 Å². The van der Waals surface area contributed by atoms with Crippen LogP contribution in [0.4, 0.5) is 13.2 Å². The fraction of sp³-hybridized carbons (Fsp3) is 0.476. The lowest BCUT2D eigenvalue weighted by Crippen LogP contribution is -2.31. The van der Waals surface area contributed by atoms with Gasteiger partial charge in [0, 0.05) is 6.54 Å². The third kappa shape index (κ3) is 5.88. The molecule has 31 heavy (non-hydrogen) atoms. The molecule has 2 aromatic rings. The lowest BCUT2D eigenvalue weighted by atomic mass is 10.1. The third-order valence-electron chi connectivity index (χ3n) is 5.04. The van der Waals surface area contributed by atoms with Crippen LogP contribution < -0.4 is 5.32 Å². The summed E-state index contributed by atoms with van der Waals surface area (Å²) in [6, 6.07) is 5.39. The number of para-hydroxylation sites is 1. The third-order valence-corrected chi connectivity index (χ3v) is 6.08. The molecule has 0 spiro atoms. The van der Waals surface area contributed by atoms with Gasteiger partial charge in [-0.15, -0.1) is 16.8 Å². The standard InChI is InChI=1S/C21H26F3N5OS/c1-3-11-25-19(30)15(2)31-20-27-26-18(14-28-12-7-4-8-13-28)29(20)17-10-6-5-9-16(17)21(22,23)24/h3,5-6,9-10,15H,1,4,7-8,11-14H2,2H3,(H,25,30). The van der Waals surface area contributed by atoms with Gasteiger partial charge >= 0.3 is 6.18 Å². The molecule has 1 N–H and O–H groups in total. The molecule has 1 aromatic heterocycles. The first-order chi connectivity index (χ1) is 14.8. The van der Waals surface area contributed by atoms with Crippen LogP contribution in [0.25, 0.3) is 5.69 Å². The number of carbonyl (C=O) groups excluding carboxylic acids is 1. The van der Waals surface area contributed by atoms with Crippen molar-refractivity contribution in [2.75, 3.05) is 19.6 Å². The number of halogens is 3. The highest BCUT2D eigenvalue weighted by Crippen LogP contribution is 2.36. The predicted octanol–water partition coefficient (Wildman–Crippen LogP) is 4.05. The lowest BCUT2D eigenvalue weighted by Gasteiger charge is -2.26. The van der Waals surface area contributed by atoms with Crippen molar-refractivity contribution >= 4 is 17.7 Å². The van der Waals surface area contributed by atoms with E-state index in [-0.39, 0.29) is 16.8 Å². The van der Waals surface area contributed by atoms with Crippen LogP contribution in [-0.2, 0) is 17.5 Å². The van der Waals surface area contributed by atoms with E-state index in [4.69, 9.17) is 0 Å². The van der Waals surface area contributed by atoms with Crippen molar-refractivity contribution in [3.05, 3.63) is 48.3 Å². The Morgan fingerprint density at radius 1 is 1.26 bits per heavy atom. The SMILES string of the molecule is C=CCNC(=O)C(C)Sc1nnc(CN2CCCCC2)n1-c1ccccc1C(F)(F)F. The second-order valence-corrected chi connectivity index (χ2v) is 8.69. The second kappa shape index (κ2) is 10.3. The Labute approximate surface area is 183 Å². The van der Waals surface area contributed by atoms with E-state index in [1.54, 1.807) is 19.1 Å². The summed E-state index contributed by atoms with van der Waals surface area (Å²) in [5, 5.41) is 10.8. The van der Waals surface area contributed by atoms with Crippen LogP contribution in [0.1, 0.15) is 37.6 Å². The van der Waals surface area contributed by atoms with Crippen molar-refractivity contribution in [3.8, 4) is 5.69 Å². The molecule has 6 nitrogen and oxygen atoms in total. The first-order valence-corrected chi connectivity index (χ1v) is 11.1. The number of hydrogen-bond donors (Lipinski definition) is 1. The minimum absolute atomic E-state index is 0.0341. The maximum absolute atomic E-state index is 13.7. The number of thioether (sulfide) groups is 1. The van der Waals surface area contributed by atoms with Crippen molar-refractivity contribution in [2.24, 2.45) is 0 Å². The molecule has 3 rings (SSSR count). The molecule has 2 heterocycles. The molecule has 1 saturated heterocycles. The van der Waals surface area contributed by atoms with Crippen molar-refractivity contribution in [3.63, 3.8) is 0 Å². The van der Waals surface area contributed by atoms with E-state index in [0.717, 1.165) is 50.2 Å². The maximum Gasteiger partial charge on any atom is 0.418 e. The number of likely N-dealkylation sites (tertiary alicyclic amines) is 1. The highest BCUT2D eigenvalue weighted by atomic mass is 32.2. The summed E-state index contributed by atoms with van der Waals surface area (Å²) in [4.78, 5) is 14.5. The van der Waals surface area contributed by atoms with Gasteiger partial charge in [0.2, 0.25) is 5.91 Å². The fourth-order valence-electron chi connectivity index (χ4n) is 3.47. The summed E-state index contributed by atoms with van der Waals surface area (Å²) >= 11 is 1.08. The number of rotatable bonds is 8. The van der Waals surface area contributed by atoms with E-state index in [2.05, 4.69) is 27.0 Å². The van der Waals surface area contributed by atoms with E-state index in [0.29, 0.717) is 18.9 Å². The summed E-state index contributed by atoms with van der Waals surface area (Å²) in [6.07, 6.45) is 0.287. The number of carbonyl (C=O) groups is 1. The molecule has 0 bridgehead atoms.